The first kappa shape index (κ1) is 17.7. The van der Waals surface area contributed by atoms with Crippen LogP contribution in [0.1, 0.15) is 27.3 Å². The number of aryl methyl sites for hydroxylation is 3. The van der Waals surface area contributed by atoms with Crippen LogP contribution in [0.4, 0.5) is 0 Å². The minimum Gasteiger partial charge on any atom is -0.492 e. The van der Waals surface area contributed by atoms with Crippen LogP contribution < -0.4 is 4.74 Å². The number of Topliss-reactive ketones (excluding diaryl/α,β-unsaturated/α-hetero) is 1. The molecule has 0 N–H and O–H groups in total. The molecule has 0 aliphatic heterocycles. The predicted octanol–water partition coefficient (Wildman–Crippen LogP) is 2.07. The van der Waals surface area contributed by atoms with Crippen molar-refractivity contribution < 1.29 is 14.3 Å². The van der Waals surface area contributed by atoms with E-state index in [1.807, 2.05) is 31.2 Å². The Morgan fingerprint density at radius 2 is 1.79 bits per heavy atom. The van der Waals surface area contributed by atoms with E-state index in [0.717, 1.165) is 11.3 Å². The third kappa shape index (κ3) is 3.82. The second kappa shape index (κ2) is 7.29. The van der Waals surface area contributed by atoms with Gasteiger partial charge < -0.3 is 9.64 Å². The fourth-order valence-corrected chi connectivity index (χ4v) is 2.42. The van der Waals surface area contributed by atoms with E-state index in [9.17, 15) is 9.59 Å². The van der Waals surface area contributed by atoms with Gasteiger partial charge in [-0.25, -0.2) is 0 Å². The molecule has 2 rings (SSSR count). The molecule has 0 saturated carbocycles. The van der Waals surface area contributed by atoms with E-state index in [2.05, 4.69) is 5.10 Å². The molecule has 0 spiro atoms. The average Bonchev–Trinajstić information content (AvgIpc) is 2.80. The molecule has 0 atom stereocenters. The molecule has 24 heavy (non-hydrogen) atoms. The number of aromatic nitrogens is 2. The van der Waals surface area contributed by atoms with Crippen molar-refractivity contribution in [2.45, 2.75) is 20.8 Å². The Labute approximate surface area is 142 Å². The van der Waals surface area contributed by atoms with Crippen molar-refractivity contribution in [1.82, 2.24) is 14.7 Å². The maximum atomic E-state index is 12.4. The van der Waals surface area contributed by atoms with Crippen LogP contribution in [-0.2, 0) is 11.8 Å². The number of ether oxygens (including phenoxy) is 1. The van der Waals surface area contributed by atoms with Gasteiger partial charge in [0, 0.05) is 19.8 Å². The first-order valence-electron chi connectivity index (χ1n) is 7.80. The first-order valence-corrected chi connectivity index (χ1v) is 7.80. The number of nitrogens with zero attached hydrogens (tertiary/aromatic N) is 3. The van der Waals surface area contributed by atoms with Gasteiger partial charge in [0.1, 0.15) is 12.4 Å². The highest BCUT2D eigenvalue weighted by atomic mass is 16.5. The van der Waals surface area contributed by atoms with Crippen LogP contribution in [0.15, 0.2) is 24.3 Å². The van der Waals surface area contributed by atoms with Gasteiger partial charge in [0.05, 0.1) is 17.8 Å². The average molecular weight is 329 g/mol. The van der Waals surface area contributed by atoms with E-state index in [4.69, 9.17) is 4.74 Å². The summed E-state index contributed by atoms with van der Waals surface area (Å²) in [4.78, 5) is 26.1. The summed E-state index contributed by atoms with van der Waals surface area (Å²) in [5, 5.41) is 4.18. The Hall–Kier alpha value is -2.63. The van der Waals surface area contributed by atoms with Gasteiger partial charge in [-0.05, 0) is 32.9 Å². The number of likely N-dealkylation sites (N-methyl/N-ethyl adjacent to an activating group) is 1. The zero-order chi connectivity index (χ0) is 17.9. The third-order valence-electron chi connectivity index (χ3n) is 3.99. The number of ketones is 1. The second-order valence-corrected chi connectivity index (χ2v) is 5.89. The molecular weight excluding hydrogens is 306 g/mol. The predicted molar refractivity (Wildman–Crippen MR) is 91.3 cm³/mol. The van der Waals surface area contributed by atoms with Gasteiger partial charge in [-0.15, -0.1) is 0 Å². The lowest BCUT2D eigenvalue weighted by Crippen LogP contribution is -2.36. The molecule has 0 fully saturated rings. The molecule has 0 saturated heterocycles. The molecular formula is C18H23N3O3. The Bertz CT molecular complexity index is 748. The van der Waals surface area contributed by atoms with E-state index in [1.54, 1.807) is 32.6 Å². The minimum absolute atomic E-state index is 0.323. The largest absolute Gasteiger partial charge is 0.492 e. The molecule has 0 aliphatic carbocycles. The topological polar surface area (TPSA) is 64.4 Å². The Morgan fingerprint density at radius 3 is 2.33 bits per heavy atom. The molecule has 1 aromatic heterocycles. The maximum absolute atomic E-state index is 12.4. The first-order chi connectivity index (χ1) is 11.3. The summed E-state index contributed by atoms with van der Waals surface area (Å²) in [6.07, 6.45) is 0. The van der Waals surface area contributed by atoms with Crippen molar-refractivity contribution in [1.29, 1.82) is 0 Å². The van der Waals surface area contributed by atoms with Crippen molar-refractivity contribution in [3.63, 3.8) is 0 Å². The van der Waals surface area contributed by atoms with Gasteiger partial charge in [0.2, 0.25) is 0 Å². The number of carbonyl (C=O) groups excluding carboxylic acids is 2. The van der Waals surface area contributed by atoms with E-state index < -0.39 is 11.7 Å². The summed E-state index contributed by atoms with van der Waals surface area (Å²) in [5.41, 5.74) is 2.80. The Kier molecular flexibility index (Phi) is 5.39. The highest BCUT2D eigenvalue weighted by molar-refractivity contribution is 6.43. The summed E-state index contributed by atoms with van der Waals surface area (Å²) >= 11 is 0. The Balaban J connectivity index is 1.94. The van der Waals surface area contributed by atoms with Crippen molar-refractivity contribution in [3.8, 4) is 5.75 Å². The van der Waals surface area contributed by atoms with Crippen LogP contribution in [-0.4, -0.2) is 46.6 Å². The van der Waals surface area contributed by atoms with E-state index in [1.165, 1.54) is 4.90 Å². The van der Waals surface area contributed by atoms with Crippen LogP contribution in [0.3, 0.4) is 0 Å². The summed E-state index contributed by atoms with van der Waals surface area (Å²) < 4.78 is 7.20. The van der Waals surface area contributed by atoms with E-state index >= 15 is 0 Å². The maximum Gasteiger partial charge on any atom is 0.294 e. The van der Waals surface area contributed by atoms with E-state index in [0.29, 0.717) is 30.1 Å². The molecule has 0 aliphatic rings. The van der Waals surface area contributed by atoms with E-state index in [-0.39, 0.29) is 0 Å². The molecule has 1 heterocycles. The fraction of sp³-hybridized carbons (Fsp3) is 0.389. The fourth-order valence-electron chi connectivity index (χ4n) is 2.42. The van der Waals surface area contributed by atoms with Gasteiger partial charge in [-0.1, -0.05) is 17.7 Å². The van der Waals surface area contributed by atoms with Crippen molar-refractivity contribution in [3.05, 3.63) is 46.8 Å². The van der Waals surface area contributed by atoms with Crippen molar-refractivity contribution in [2.75, 3.05) is 20.2 Å². The lowest BCUT2D eigenvalue weighted by molar-refractivity contribution is -0.125. The number of hydrogen-bond acceptors (Lipinski definition) is 4. The molecule has 128 valence electrons. The number of benzene rings is 1. The van der Waals surface area contributed by atoms with Crippen molar-refractivity contribution >= 4 is 11.7 Å². The highest BCUT2D eigenvalue weighted by Crippen LogP contribution is 2.14. The smallest absolute Gasteiger partial charge is 0.294 e. The quantitative estimate of drug-likeness (QED) is 0.601. The number of rotatable bonds is 6. The van der Waals surface area contributed by atoms with Gasteiger partial charge in [0.25, 0.3) is 11.7 Å². The second-order valence-electron chi connectivity index (χ2n) is 5.89. The van der Waals surface area contributed by atoms with Gasteiger partial charge >= 0.3 is 0 Å². The monoisotopic (exact) mass is 329 g/mol. The van der Waals surface area contributed by atoms with Crippen molar-refractivity contribution in [2.24, 2.45) is 7.05 Å². The molecule has 1 amide bonds. The summed E-state index contributed by atoms with van der Waals surface area (Å²) in [5.74, 6) is -0.343. The molecule has 2 aromatic rings. The van der Waals surface area contributed by atoms with Gasteiger partial charge in [-0.2, -0.15) is 5.10 Å². The summed E-state index contributed by atoms with van der Waals surface area (Å²) in [7, 11) is 3.35. The van der Waals surface area contributed by atoms with Crippen LogP contribution in [0.2, 0.25) is 0 Å². The number of amides is 1. The molecule has 6 nitrogen and oxygen atoms in total. The molecule has 0 radical (unpaired) electrons. The summed E-state index contributed by atoms with van der Waals surface area (Å²) in [6, 6.07) is 7.68. The highest BCUT2D eigenvalue weighted by Gasteiger charge is 2.26. The Morgan fingerprint density at radius 1 is 1.17 bits per heavy atom. The zero-order valence-electron chi connectivity index (χ0n) is 14.8. The van der Waals surface area contributed by atoms with Crippen LogP contribution >= 0.6 is 0 Å². The lowest BCUT2D eigenvalue weighted by atomic mass is 10.1. The molecule has 0 bridgehead atoms. The minimum atomic E-state index is -0.554. The third-order valence-corrected chi connectivity index (χ3v) is 3.99. The summed E-state index contributed by atoms with van der Waals surface area (Å²) in [6.45, 7) is 6.17. The van der Waals surface area contributed by atoms with Crippen LogP contribution in [0.25, 0.3) is 0 Å². The molecule has 0 unspecified atom stereocenters. The number of carbonyl (C=O) groups is 2. The molecule has 6 heteroatoms. The normalized spacial score (nSPS) is 10.5. The number of hydrogen-bond donors (Lipinski definition) is 0. The SMILES string of the molecule is Cc1ccc(OCCN(C)C(=O)C(=O)c2c(C)nn(C)c2C)cc1. The van der Waals surface area contributed by atoms with Gasteiger partial charge in [-0.3, -0.25) is 14.3 Å². The van der Waals surface area contributed by atoms with Gasteiger partial charge in [0.15, 0.2) is 0 Å². The zero-order valence-corrected chi connectivity index (χ0v) is 14.8. The van der Waals surface area contributed by atoms with Crippen LogP contribution in [0, 0.1) is 20.8 Å². The lowest BCUT2D eigenvalue weighted by Gasteiger charge is -2.17. The molecule has 1 aromatic carbocycles. The van der Waals surface area contributed by atoms with Crippen LogP contribution in [0.5, 0.6) is 5.75 Å². The standard InChI is InChI=1S/C18H23N3O3/c1-12-6-8-15(9-7-12)24-11-10-20(4)18(23)17(22)16-13(2)19-21(5)14(16)3/h6-9H,10-11H2,1-5H3.